The van der Waals surface area contributed by atoms with Crippen LogP contribution in [0.3, 0.4) is 0 Å². The number of benzene rings is 2. The number of para-hydroxylation sites is 2. The lowest BCUT2D eigenvalue weighted by atomic mass is 10.2. The molecule has 1 aromatic heterocycles. The quantitative estimate of drug-likeness (QED) is 0.562. The maximum Gasteiger partial charge on any atom is 0.273 e. The van der Waals surface area contributed by atoms with Gasteiger partial charge in [0.05, 0.1) is 28.5 Å². The van der Waals surface area contributed by atoms with E-state index in [1.807, 2.05) is 43.3 Å². The number of carbonyl (C=O) groups excluding carboxylic acids is 1. The van der Waals surface area contributed by atoms with Crippen molar-refractivity contribution in [3.63, 3.8) is 0 Å². The molecule has 3 heterocycles. The maximum atomic E-state index is 13.6. The molecule has 2 aliphatic rings. The number of hydrogen-bond acceptors (Lipinski definition) is 7. The molecule has 1 unspecified atom stereocenters. The summed E-state index contributed by atoms with van der Waals surface area (Å²) in [4.78, 5) is 22.5. The van der Waals surface area contributed by atoms with Crippen molar-refractivity contribution in [1.29, 1.82) is 0 Å². The number of hydrogen-bond donors (Lipinski definition) is 0. The molecule has 0 radical (unpaired) electrons. The molecular weight excluding hydrogens is 450 g/mol. The average molecular weight is 474 g/mol. The predicted octanol–water partition coefficient (Wildman–Crippen LogP) is 3.76. The number of anilines is 1. The average Bonchev–Trinajstić information content (AvgIpc) is 3.28. The molecule has 2 aliphatic heterocycles. The second-order valence-corrected chi connectivity index (χ2v) is 9.23. The summed E-state index contributed by atoms with van der Waals surface area (Å²) in [5.41, 5.74) is 1.85. The van der Waals surface area contributed by atoms with Gasteiger partial charge in [0.2, 0.25) is 6.10 Å². The Morgan fingerprint density at radius 1 is 1.22 bits per heavy atom. The summed E-state index contributed by atoms with van der Waals surface area (Å²) in [5, 5.41) is 1.26. The highest BCUT2D eigenvalue weighted by Crippen LogP contribution is 2.37. The number of nitrogens with zero attached hydrogens (tertiary/aromatic N) is 3. The second-order valence-electron chi connectivity index (χ2n) is 7.85. The molecule has 7 nitrogen and oxygen atoms in total. The van der Waals surface area contributed by atoms with Crippen molar-refractivity contribution in [2.24, 2.45) is 0 Å². The van der Waals surface area contributed by atoms with E-state index in [0.717, 1.165) is 35.4 Å². The molecule has 9 heteroatoms. The zero-order valence-electron chi connectivity index (χ0n) is 17.8. The number of halogens is 1. The number of thiazole rings is 1. The van der Waals surface area contributed by atoms with Crippen LogP contribution in [0.25, 0.3) is 10.2 Å². The predicted molar refractivity (Wildman–Crippen MR) is 125 cm³/mol. The van der Waals surface area contributed by atoms with Crippen LogP contribution in [0.4, 0.5) is 5.13 Å². The van der Waals surface area contributed by atoms with E-state index in [1.54, 1.807) is 4.90 Å². The van der Waals surface area contributed by atoms with Crippen LogP contribution in [0, 0.1) is 6.92 Å². The lowest BCUT2D eigenvalue weighted by molar-refractivity contribution is -0.127. The molecule has 1 amide bonds. The highest BCUT2D eigenvalue weighted by atomic mass is 35.5. The summed E-state index contributed by atoms with van der Waals surface area (Å²) >= 11 is 7.86. The molecule has 32 heavy (non-hydrogen) atoms. The summed E-state index contributed by atoms with van der Waals surface area (Å²) in [6, 6.07) is 11.2. The Bertz CT molecular complexity index is 1090. The number of morpholine rings is 1. The van der Waals surface area contributed by atoms with Crippen molar-refractivity contribution in [3.05, 3.63) is 47.0 Å². The van der Waals surface area contributed by atoms with Gasteiger partial charge in [-0.1, -0.05) is 41.1 Å². The minimum Gasteiger partial charge on any atom is -0.485 e. The van der Waals surface area contributed by atoms with Gasteiger partial charge in [0.1, 0.15) is 6.61 Å². The van der Waals surface area contributed by atoms with Crippen molar-refractivity contribution in [2.75, 3.05) is 50.9 Å². The van der Waals surface area contributed by atoms with Crippen LogP contribution in [0.2, 0.25) is 5.02 Å². The number of ether oxygens (including phenoxy) is 3. The highest BCUT2D eigenvalue weighted by molar-refractivity contribution is 7.23. The molecule has 0 saturated carbocycles. The Hall–Kier alpha value is -2.39. The van der Waals surface area contributed by atoms with Gasteiger partial charge in [0, 0.05) is 26.2 Å². The first kappa shape index (κ1) is 21.5. The Kier molecular flexibility index (Phi) is 6.19. The molecule has 1 atom stereocenters. The lowest BCUT2D eigenvalue weighted by Gasteiger charge is -2.32. The molecule has 1 saturated heterocycles. The largest absolute Gasteiger partial charge is 0.485 e. The normalized spacial score (nSPS) is 18.6. The maximum absolute atomic E-state index is 13.6. The Balaban J connectivity index is 1.43. The van der Waals surface area contributed by atoms with Crippen molar-refractivity contribution < 1.29 is 19.0 Å². The summed E-state index contributed by atoms with van der Waals surface area (Å²) < 4.78 is 18.1. The molecule has 3 aromatic rings. The first-order valence-electron chi connectivity index (χ1n) is 10.7. The molecular formula is C23H24ClN3O4S. The molecule has 5 rings (SSSR count). The number of fused-ring (bicyclic) bond motifs is 2. The monoisotopic (exact) mass is 473 g/mol. The van der Waals surface area contributed by atoms with E-state index in [0.29, 0.717) is 41.4 Å². The minimum atomic E-state index is -0.738. The van der Waals surface area contributed by atoms with E-state index < -0.39 is 6.10 Å². The Morgan fingerprint density at radius 2 is 2.00 bits per heavy atom. The molecule has 1 fully saturated rings. The van der Waals surface area contributed by atoms with Crippen molar-refractivity contribution in [3.8, 4) is 11.5 Å². The van der Waals surface area contributed by atoms with Gasteiger partial charge >= 0.3 is 0 Å². The third kappa shape index (κ3) is 4.28. The zero-order valence-corrected chi connectivity index (χ0v) is 19.3. The molecule has 168 valence electrons. The van der Waals surface area contributed by atoms with Gasteiger partial charge in [0.25, 0.3) is 5.91 Å². The number of rotatable bonds is 5. The smallest absolute Gasteiger partial charge is 0.273 e. The zero-order chi connectivity index (χ0) is 22.1. The number of amides is 1. The van der Waals surface area contributed by atoms with E-state index in [-0.39, 0.29) is 12.5 Å². The summed E-state index contributed by atoms with van der Waals surface area (Å²) in [7, 11) is 0. The fraction of sp³-hybridized carbons (Fsp3) is 0.391. The first-order valence-corrected chi connectivity index (χ1v) is 11.9. The van der Waals surface area contributed by atoms with Crippen molar-refractivity contribution in [2.45, 2.75) is 13.0 Å². The SMILES string of the molecule is Cc1ccc(Cl)c2sc(N(CCN3CCOCC3)C(=O)C3COc4ccccc4O3)nc12. The third-order valence-electron chi connectivity index (χ3n) is 5.71. The first-order chi connectivity index (χ1) is 15.6. The fourth-order valence-electron chi connectivity index (χ4n) is 3.89. The summed E-state index contributed by atoms with van der Waals surface area (Å²) in [5.74, 6) is 1.06. The van der Waals surface area contributed by atoms with E-state index in [1.165, 1.54) is 11.3 Å². The second kappa shape index (κ2) is 9.23. The number of aromatic nitrogens is 1. The number of aryl methyl sites for hydroxylation is 1. The van der Waals surface area contributed by atoms with Gasteiger partial charge in [-0.25, -0.2) is 4.98 Å². The van der Waals surface area contributed by atoms with Crippen molar-refractivity contribution in [1.82, 2.24) is 9.88 Å². The molecule has 2 aromatic carbocycles. The molecule has 0 bridgehead atoms. The van der Waals surface area contributed by atoms with Crippen LogP contribution in [0.1, 0.15) is 5.56 Å². The molecule has 0 spiro atoms. The summed E-state index contributed by atoms with van der Waals surface area (Å²) in [6.07, 6.45) is -0.738. The standard InChI is InChI=1S/C23H24ClN3O4S/c1-15-6-7-16(24)21-20(15)25-23(32-21)27(9-8-26-10-12-29-13-11-26)22(28)19-14-30-17-4-2-3-5-18(17)31-19/h2-7,19H,8-14H2,1H3. The topological polar surface area (TPSA) is 64.1 Å². The van der Waals surface area contributed by atoms with Crippen LogP contribution < -0.4 is 14.4 Å². The van der Waals surface area contributed by atoms with Gasteiger partial charge in [-0.15, -0.1) is 0 Å². The van der Waals surface area contributed by atoms with Gasteiger partial charge in [-0.2, -0.15) is 0 Å². The molecule has 0 aliphatic carbocycles. The van der Waals surface area contributed by atoms with Crippen molar-refractivity contribution >= 4 is 44.2 Å². The third-order valence-corrected chi connectivity index (χ3v) is 7.25. The number of carbonyl (C=O) groups is 1. The summed E-state index contributed by atoms with van der Waals surface area (Å²) in [6.45, 7) is 6.50. The van der Waals surface area contributed by atoms with Crippen LogP contribution >= 0.6 is 22.9 Å². The van der Waals surface area contributed by atoms with Crippen LogP contribution in [-0.4, -0.2) is 67.9 Å². The lowest BCUT2D eigenvalue weighted by Crippen LogP contribution is -2.49. The van der Waals surface area contributed by atoms with Crippen LogP contribution in [0.15, 0.2) is 36.4 Å². The molecule has 0 N–H and O–H groups in total. The van der Waals surface area contributed by atoms with Crippen LogP contribution in [0.5, 0.6) is 11.5 Å². The van der Waals surface area contributed by atoms with Gasteiger partial charge in [0.15, 0.2) is 16.6 Å². The highest BCUT2D eigenvalue weighted by Gasteiger charge is 2.33. The van der Waals surface area contributed by atoms with E-state index in [2.05, 4.69) is 4.90 Å². The van der Waals surface area contributed by atoms with Crippen LogP contribution in [-0.2, 0) is 9.53 Å². The minimum absolute atomic E-state index is 0.161. The van der Waals surface area contributed by atoms with Gasteiger partial charge in [-0.05, 0) is 30.7 Å². The van der Waals surface area contributed by atoms with Gasteiger partial charge in [-0.3, -0.25) is 14.6 Å². The fourth-order valence-corrected chi connectivity index (χ4v) is 5.24. The van der Waals surface area contributed by atoms with E-state index in [4.69, 9.17) is 30.8 Å². The Labute approximate surface area is 195 Å². The Morgan fingerprint density at radius 3 is 2.78 bits per heavy atom. The van der Waals surface area contributed by atoms with E-state index >= 15 is 0 Å². The van der Waals surface area contributed by atoms with E-state index in [9.17, 15) is 4.79 Å². The van der Waals surface area contributed by atoms with Gasteiger partial charge < -0.3 is 14.2 Å².